The second-order valence-corrected chi connectivity index (χ2v) is 15.0. The third-order valence-electron chi connectivity index (χ3n) is 11.5. The summed E-state index contributed by atoms with van der Waals surface area (Å²) in [5.74, 6) is 0. The summed E-state index contributed by atoms with van der Waals surface area (Å²) in [7, 11) is 0. The maximum Gasteiger partial charge on any atom is 0.140 e. The number of nitrogens with zero attached hydrogens (tertiary/aromatic N) is 1. The van der Waals surface area contributed by atoms with Gasteiger partial charge in [-0.1, -0.05) is 131 Å². The second kappa shape index (κ2) is 10.3. The van der Waals surface area contributed by atoms with Crippen molar-refractivity contribution in [3.05, 3.63) is 174 Å². The molecule has 2 aliphatic rings. The summed E-state index contributed by atoms with van der Waals surface area (Å²) in [4.78, 5) is 2.38. The Hall–Kier alpha value is -5.86. The molecule has 0 saturated heterocycles. The maximum atomic E-state index is 6.92. The van der Waals surface area contributed by atoms with Gasteiger partial charge in [-0.3, -0.25) is 0 Å². The lowest BCUT2D eigenvalue weighted by Crippen LogP contribution is -2.16. The van der Waals surface area contributed by atoms with Crippen LogP contribution in [0.15, 0.2) is 156 Å². The summed E-state index contributed by atoms with van der Waals surface area (Å²) >= 11 is 0. The van der Waals surface area contributed by atoms with Gasteiger partial charge in [0.15, 0.2) is 0 Å². The fourth-order valence-corrected chi connectivity index (χ4v) is 8.92. The van der Waals surface area contributed by atoms with E-state index < -0.39 is 0 Å². The maximum absolute atomic E-state index is 6.92. The Kier molecular flexibility index (Phi) is 6.01. The fourth-order valence-electron chi connectivity index (χ4n) is 8.92. The van der Waals surface area contributed by atoms with Gasteiger partial charge in [0.25, 0.3) is 0 Å². The molecular weight excluding hydrogens is 607 g/mol. The van der Waals surface area contributed by atoms with E-state index >= 15 is 0 Å². The predicted octanol–water partition coefficient (Wildman–Crippen LogP) is 13.3. The number of benzene rings is 7. The first-order chi connectivity index (χ1) is 24.3. The second-order valence-electron chi connectivity index (χ2n) is 15.0. The number of hydrogen-bond acceptors (Lipinski definition) is 2. The Labute approximate surface area is 293 Å². The highest BCUT2D eigenvalue weighted by Crippen LogP contribution is 2.54. The van der Waals surface area contributed by atoms with Gasteiger partial charge >= 0.3 is 0 Å². The normalized spacial score (nSPS) is 14.7. The van der Waals surface area contributed by atoms with Crippen molar-refractivity contribution in [1.29, 1.82) is 0 Å². The smallest absolute Gasteiger partial charge is 0.140 e. The lowest BCUT2D eigenvalue weighted by molar-refractivity contribution is 0.620. The van der Waals surface area contributed by atoms with E-state index in [1.807, 2.05) is 0 Å². The summed E-state index contributed by atoms with van der Waals surface area (Å²) < 4.78 is 6.92. The molecule has 7 aromatic carbocycles. The highest BCUT2D eigenvalue weighted by molar-refractivity contribution is 6.10. The van der Waals surface area contributed by atoms with Gasteiger partial charge in [0.2, 0.25) is 0 Å². The third-order valence-corrected chi connectivity index (χ3v) is 11.5. The van der Waals surface area contributed by atoms with Crippen LogP contribution in [-0.4, -0.2) is 0 Å². The van der Waals surface area contributed by atoms with Crippen molar-refractivity contribution < 1.29 is 4.42 Å². The zero-order chi connectivity index (χ0) is 33.8. The van der Waals surface area contributed by atoms with E-state index in [-0.39, 0.29) is 10.8 Å². The van der Waals surface area contributed by atoms with Crippen LogP contribution in [0.3, 0.4) is 0 Å². The van der Waals surface area contributed by atoms with Gasteiger partial charge in [0.05, 0.1) is 0 Å². The molecule has 50 heavy (non-hydrogen) atoms. The zero-order valence-corrected chi connectivity index (χ0v) is 28.8. The van der Waals surface area contributed by atoms with Gasteiger partial charge in [0, 0.05) is 50.3 Å². The van der Waals surface area contributed by atoms with Crippen LogP contribution in [0.1, 0.15) is 49.9 Å². The Bertz CT molecular complexity index is 2640. The molecule has 1 heterocycles. The summed E-state index contributed by atoms with van der Waals surface area (Å²) in [6.45, 7) is 9.34. The van der Waals surface area contributed by atoms with Crippen LogP contribution in [0.4, 0.5) is 17.1 Å². The van der Waals surface area contributed by atoms with Crippen LogP contribution in [0.2, 0.25) is 0 Å². The lowest BCUT2D eigenvalue weighted by Gasteiger charge is -2.28. The molecule has 2 aliphatic carbocycles. The molecule has 0 fully saturated rings. The first-order valence-electron chi connectivity index (χ1n) is 17.6. The topological polar surface area (TPSA) is 16.4 Å². The largest absolute Gasteiger partial charge is 0.456 e. The quantitative estimate of drug-likeness (QED) is 0.190. The molecule has 0 radical (unpaired) electrons. The van der Waals surface area contributed by atoms with Gasteiger partial charge in [0.1, 0.15) is 11.2 Å². The van der Waals surface area contributed by atoms with Crippen molar-refractivity contribution in [2.24, 2.45) is 0 Å². The van der Waals surface area contributed by atoms with Crippen molar-refractivity contribution in [2.75, 3.05) is 4.90 Å². The van der Waals surface area contributed by atoms with Crippen molar-refractivity contribution in [1.82, 2.24) is 0 Å². The Morgan fingerprint density at radius 2 is 0.960 bits per heavy atom. The Morgan fingerprint density at radius 1 is 0.420 bits per heavy atom. The van der Waals surface area contributed by atoms with Gasteiger partial charge in [-0.15, -0.1) is 0 Å². The van der Waals surface area contributed by atoms with Crippen LogP contribution in [-0.2, 0) is 10.8 Å². The van der Waals surface area contributed by atoms with Gasteiger partial charge in [-0.25, -0.2) is 0 Å². The monoisotopic (exact) mass is 643 g/mol. The molecule has 10 rings (SSSR count). The number of anilines is 3. The number of fused-ring (bicyclic) bond motifs is 10. The highest BCUT2D eigenvalue weighted by atomic mass is 16.3. The molecule has 0 N–H and O–H groups in total. The summed E-state index contributed by atoms with van der Waals surface area (Å²) in [6.07, 6.45) is 0. The number of furan rings is 1. The highest BCUT2D eigenvalue weighted by Gasteiger charge is 2.39. The van der Waals surface area contributed by atoms with E-state index in [0.29, 0.717) is 0 Å². The molecule has 0 unspecified atom stereocenters. The predicted molar refractivity (Wildman–Crippen MR) is 209 cm³/mol. The molecule has 0 atom stereocenters. The first-order valence-corrected chi connectivity index (χ1v) is 17.6. The van der Waals surface area contributed by atoms with Crippen LogP contribution >= 0.6 is 0 Å². The molecule has 0 saturated carbocycles. The van der Waals surface area contributed by atoms with Crippen molar-refractivity contribution in [2.45, 2.75) is 38.5 Å². The van der Waals surface area contributed by atoms with Crippen LogP contribution in [0, 0.1) is 0 Å². The first kappa shape index (κ1) is 29.1. The molecule has 2 heteroatoms. The molecule has 0 amide bonds. The summed E-state index contributed by atoms with van der Waals surface area (Å²) in [5, 5.41) is 2.31. The molecule has 2 nitrogen and oxygen atoms in total. The van der Waals surface area contributed by atoms with E-state index in [9.17, 15) is 0 Å². The molecule has 8 aromatic rings. The van der Waals surface area contributed by atoms with E-state index in [2.05, 4.69) is 184 Å². The molecule has 240 valence electrons. The van der Waals surface area contributed by atoms with Crippen LogP contribution < -0.4 is 4.90 Å². The fraction of sp³-hybridized carbons (Fsp3) is 0.125. The van der Waals surface area contributed by atoms with Crippen LogP contribution in [0.5, 0.6) is 0 Å². The standard InChI is InChI=1S/C48H37NO/c1-47(2)41-16-10-8-14-35(41)37-24-22-33(28-43(37)47)49(32-20-18-31(19-21-32)30-12-6-5-7-13-30)34-23-25-38-40-27-26-39-36-15-9-11-17-42(36)48(3,4)45(39)46(40)50-44(38)29-34/h5-29H,1-4H3. The minimum atomic E-state index is -0.149. The lowest BCUT2D eigenvalue weighted by atomic mass is 9.82. The summed E-state index contributed by atoms with van der Waals surface area (Å²) in [5.41, 5.74) is 18.0. The van der Waals surface area contributed by atoms with Crippen molar-refractivity contribution >= 4 is 39.0 Å². The molecule has 0 spiro atoms. The SMILES string of the molecule is CC1(C)c2ccccc2-c2ccc(N(c3ccc(-c4ccccc4)cc3)c3ccc4c(c3)oc3c5c(ccc34)-c3ccccc3C5(C)C)cc21. The van der Waals surface area contributed by atoms with Gasteiger partial charge < -0.3 is 9.32 Å². The average Bonchev–Trinajstić information content (AvgIpc) is 3.72. The van der Waals surface area contributed by atoms with E-state index in [4.69, 9.17) is 4.42 Å². The molecule has 0 aliphatic heterocycles. The zero-order valence-electron chi connectivity index (χ0n) is 28.8. The summed E-state index contributed by atoms with van der Waals surface area (Å²) in [6, 6.07) is 55.4. The third kappa shape index (κ3) is 4.02. The van der Waals surface area contributed by atoms with E-state index in [0.717, 1.165) is 33.6 Å². The van der Waals surface area contributed by atoms with E-state index in [1.165, 1.54) is 61.0 Å². The average molecular weight is 644 g/mol. The minimum Gasteiger partial charge on any atom is -0.456 e. The van der Waals surface area contributed by atoms with Crippen LogP contribution in [0.25, 0.3) is 55.3 Å². The molecular formula is C48H37NO. The van der Waals surface area contributed by atoms with Crippen molar-refractivity contribution in [3.8, 4) is 33.4 Å². The van der Waals surface area contributed by atoms with Crippen molar-refractivity contribution in [3.63, 3.8) is 0 Å². The minimum absolute atomic E-state index is 0.0990. The number of rotatable bonds is 4. The number of hydrogen-bond donors (Lipinski definition) is 0. The molecule has 0 bridgehead atoms. The molecule has 1 aromatic heterocycles. The van der Waals surface area contributed by atoms with E-state index in [1.54, 1.807) is 0 Å². The Morgan fingerprint density at radius 3 is 1.72 bits per heavy atom. The Balaban J connectivity index is 1.15. The van der Waals surface area contributed by atoms with Gasteiger partial charge in [-0.05, 0) is 92.5 Å². The van der Waals surface area contributed by atoms with Gasteiger partial charge in [-0.2, -0.15) is 0 Å².